The first-order valence-electron chi connectivity index (χ1n) is 25.6. The van der Waals surface area contributed by atoms with Crippen LogP contribution in [0.3, 0.4) is 0 Å². The molecule has 1 heterocycles. The van der Waals surface area contributed by atoms with Gasteiger partial charge in [-0.1, -0.05) is 110 Å². The summed E-state index contributed by atoms with van der Waals surface area (Å²) in [5.74, 6) is -5.20. The van der Waals surface area contributed by atoms with Gasteiger partial charge in [-0.05, 0) is 128 Å². The lowest BCUT2D eigenvalue weighted by Crippen LogP contribution is -2.48. The van der Waals surface area contributed by atoms with E-state index in [2.05, 4.69) is 83.7 Å². The molecule has 1 saturated carbocycles. The van der Waals surface area contributed by atoms with Gasteiger partial charge in [-0.15, -0.1) is 0 Å². The average Bonchev–Trinajstić information content (AvgIpc) is 3.89. The number of hydrogen-bond donors (Lipinski definition) is 5. The number of amides is 1. The number of halogens is 3. The van der Waals surface area contributed by atoms with Gasteiger partial charge in [-0.2, -0.15) is 13.9 Å². The zero-order chi connectivity index (χ0) is 57.2. The second-order valence-electron chi connectivity index (χ2n) is 20.3. The van der Waals surface area contributed by atoms with Gasteiger partial charge >= 0.3 is 0 Å². The fourth-order valence-corrected chi connectivity index (χ4v) is 8.05. The molecule has 0 saturated heterocycles. The van der Waals surface area contributed by atoms with E-state index < -0.39 is 34.5 Å². The van der Waals surface area contributed by atoms with E-state index in [1.165, 1.54) is 37.0 Å². The van der Waals surface area contributed by atoms with Gasteiger partial charge in [0, 0.05) is 65.0 Å². The molecule has 1 aromatic carbocycles. The second-order valence-corrected chi connectivity index (χ2v) is 20.7. The van der Waals surface area contributed by atoms with Crippen molar-refractivity contribution >= 4 is 66.8 Å². The van der Waals surface area contributed by atoms with E-state index in [0.717, 1.165) is 72.1 Å². The first kappa shape index (κ1) is 66.9. The molecule has 1 aromatic heterocycles. The molecule has 3 rings (SSSR count). The zero-order valence-electron chi connectivity index (χ0n) is 47.2. The Morgan fingerprint density at radius 3 is 2.04 bits per heavy atom. The molecule has 1 fully saturated rings. The lowest BCUT2D eigenvalue weighted by Gasteiger charge is -2.29. The van der Waals surface area contributed by atoms with Gasteiger partial charge in [0.15, 0.2) is 7.85 Å². The van der Waals surface area contributed by atoms with Gasteiger partial charge in [0.25, 0.3) is 5.92 Å². The van der Waals surface area contributed by atoms with E-state index in [-0.39, 0.29) is 47.7 Å². The molecule has 2 aromatic rings. The Morgan fingerprint density at radius 1 is 0.973 bits per heavy atom. The van der Waals surface area contributed by atoms with Gasteiger partial charge in [-0.25, -0.2) is 15.0 Å². The van der Waals surface area contributed by atoms with E-state index in [4.69, 9.17) is 35.4 Å². The molecule has 1 aliphatic carbocycles. The van der Waals surface area contributed by atoms with Crippen LogP contribution in [-0.2, 0) is 22.1 Å². The van der Waals surface area contributed by atoms with Crippen molar-refractivity contribution in [2.24, 2.45) is 48.9 Å². The maximum absolute atomic E-state index is 14.2. The summed E-state index contributed by atoms with van der Waals surface area (Å²) in [5.41, 5.74) is 8.04. The minimum absolute atomic E-state index is 0.0280. The van der Waals surface area contributed by atoms with Crippen LogP contribution < -0.4 is 11.1 Å². The highest BCUT2D eigenvalue weighted by molar-refractivity contribution is 6.32. The molecule has 6 N–H and O–H groups in total. The number of Topliss-reactive ketones (excluding diaryl/α,β-unsaturated/α-hetero) is 1. The minimum atomic E-state index is -3.22. The molecule has 0 bridgehead atoms. The predicted molar refractivity (Wildman–Crippen MR) is 305 cm³/mol. The quantitative estimate of drug-likeness (QED) is 0.0315. The zero-order valence-corrected chi connectivity index (χ0v) is 48.0. The van der Waals surface area contributed by atoms with Crippen molar-refractivity contribution in [3.63, 3.8) is 0 Å². The number of allylic oxidation sites excluding steroid dienone is 7. The molecule has 0 aliphatic heterocycles. The number of nitrogens with one attached hydrogen (secondary N) is 1. The van der Waals surface area contributed by atoms with E-state index >= 15 is 0 Å². The highest BCUT2D eigenvalue weighted by Crippen LogP contribution is 2.64. The Bertz CT molecular complexity index is 2470. The molecular formula is C57H86BClF2N8O5. The highest BCUT2D eigenvalue weighted by atomic mass is 35.5. The van der Waals surface area contributed by atoms with Crippen LogP contribution in [0.5, 0.6) is 0 Å². The van der Waals surface area contributed by atoms with Crippen molar-refractivity contribution in [2.45, 2.75) is 185 Å². The summed E-state index contributed by atoms with van der Waals surface area (Å²) in [5, 5.41) is 36.1. The van der Waals surface area contributed by atoms with Gasteiger partial charge in [0.05, 0.1) is 23.5 Å². The van der Waals surface area contributed by atoms with Crippen molar-refractivity contribution in [1.29, 1.82) is 0 Å². The third-order valence-electron chi connectivity index (χ3n) is 12.4. The summed E-state index contributed by atoms with van der Waals surface area (Å²) >= 11 is 6.80. The number of amidine groups is 1. The predicted octanol–water partition coefficient (Wildman–Crippen LogP) is 12.1. The van der Waals surface area contributed by atoms with E-state index in [1.807, 2.05) is 59.1 Å². The Kier molecular flexibility index (Phi) is 26.4. The molecule has 74 heavy (non-hydrogen) atoms. The number of hydrogen-bond acceptors (Lipinski definition) is 10. The SMILES string of the molecule is C/C=C(/C)N=C(N=C/C(=C\C)c1ccc(C2CC2(CCC)C(=O)C(C)CC)c(Cl)c1)C(C)C.CC.[B]C(O)(O)/N=C/C(=C\N)CC(C)C(=O)NC(C)(C)Cn1nc(C(C)(F)F)cc1/C(C=NC(=C)C(C)(C)O)=C/C. The van der Waals surface area contributed by atoms with Crippen molar-refractivity contribution < 1.29 is 33.7 Å². The molecule has 2 radical (unpaired) electrons. The normalized spacial score (nSPS) is 18.3. The maximum atomic E-state index is 14.2. The molecule has 408 valence electrons. The first-order valence-corrected chi connectivity index (χ1v) is 26.0. The standard InChI is InChI=1S/C29H41ClN2O.C26H39BF2N6O4.C2H6/c1-9-15-29(27(33)20(7)10-2)17-25(29)24-14-13-23(16-26(24)30)22(12-4)18-31-28(19(5)6)32-21(8)11-3;1-9-19(14-31-17(3)24(6,7)37)20-11-21(25(8,28)29)34-35(20)15-23(4,5)33-22(36)16(2)10-18(12-30)13-32-26(27,38)39;1-2/h11-14,16,18-20,25H,9-10,15,17H2,1-8H3;9,11-14,16,37-39H,3,10,15,30H2,1-2,4-8H3,(H,33,36);1-2H3/b21-11-,22-12+,31-18?,32-28?;18-12-,19-9+,31-14?,32-13+;. The fraction of sp³-hybridized carbons (Fsp3) is 0.561. The third kappa shape index (κ3) is 20.5. The van der Waals surface area contributed by atoms with Gasteiger partial charge < -0.3 is 26.4 Å². The summed E-state index contributed by atoms with van der Waals surface area (Å²) < 4.78 is 29.8. The Hall–Kier alpha value is -5.16. The van der Waals surface area contributed by atoms with Crippen molar-refractivity contribution in [2.75, 3.05) is 0 Å². The lowest BCUT2D eigenvalue weighted by atomic mass is 9.83. The van der Waals surface area contributed by atoms with Crippen LogP contribution in [0.4, 0.5) is 8.78 Å². The van der Waals surface area contributed by atoms with Crippen LogP contribution in [-0.4, -0.2) is 86.1 Å². The highest BCUT2D eigenvalue weighted by Gasteiger charge is 2.60. The maximum Gasteiger partial charge on any atom is 0.288 e. The molecular weight excluding hydrogens is 961 g/mol. The van der Waals surface area contributed by atoms with E-state index in [9.17, 15) is 23.5 Å². The minimum Gasteiger partial charge on any atom is -0.404 e. The summed E-state index contributed by atoms with van der Waals surface area (Å²) in [4.78, 5) is 43.0. The summed E-state index contributed by atoms with van der Waals surface area (Å²) in [6, 6.07) is 7.49. The summed E-state index contributed by atoms with van der Waals surface area (Å²) in [6.45, 7) is 34.8. The Morgan fingerprint density at radius 2 is 1.57 bits per heavy atom. The van der Waals surface area contributed by atoms with Crippen LogP contribution in [0, 0.1) is 23.2 Å². The monoisotopic (exact) mass is 1050 g/mol. The molecule has 4 unspecified atom stereocenters. The molecule has 1 aliphatic rings. The Balaban J connectivity index is 0.000000724. The number of nitrogens with two attached hydrogens (primary N) is 1. The molecule has 13 nitrogen and oxygen atoms in total. The number of aliphatic imine (C=N–C) groups is 4. The van der Waals surface area contributed by atoms with Crippen LogP contribution >= 0.6 is 11.6 Å². The third-order valence-corrected chi connectivity index (χ3v) is 12.8. The van der Waals surface area contributed by atoms with E-state index in [1.54, 1.807) is 33.8 Å². The number of alkyl halides is 2. The number of carbonyl (C=O) groups excluding carboxylic acids is 2. The number of aromatic nitrogens is 2. The van der Waals surface area contributed by atoms with Gasteiger partial charge in [0.1, 0.15) is 22.9 Å². The fourth-order valence-electron chi connectivity index (χ4n) is 7.74. The molecule has 0 spiro atoms. The van der Waals surface area contributed by atoms with Crippen LogP contribution in [0.1, 0.15) is 178 Å². The number of aliphatic hydroxyl groups is 3. The largest absolute Gasteiger partial charge is 0.404 e. The number of rotatable bonds is 23. The number of ketones is 1. The average molecular weight is 1050 g/mol. The molecule has 4 atom stereocenters. The van der Waals surface area contributed by atoms with Gasteiger partial charge in [-0.3, -0.25) is 19.3 Å². The topological polar surface area (TPSA) is 200 Å². The van der Waals surface area contributed by atoms with Crippen LogP contribution in [0.25, 0.3) is 11.1 Å². The molecule has 1 amide bonds. The molecule has 17 heteroatoms. The van der Waals surface area contributed by atoms with Crippen LogP contribution in [0.2, 0.25) is 5.02 Å². The van der Waals surface area contributed by atoms with Crippen molar-refractivity contribution in [3.05, 3.63) is 99.8 Å². The van der Waals surface area contributed by atoms with Gasteiger partial charge in [0.2, 0.25) is 11.7 Å². The van der Waals surface area contributed by atoms with Crippen molar-refractivity contribution in [1.82, 2.24) is 15.1 Å². The number of carbonyl (C=O) groups is 2. The van der Waals surface area contributed by atoms with Crippen LogP contribution in [0.15, 0.2) is 92.2 Å². The summed E-state index contributed by atoms with van der Waals surface area (Å²) in [6.07, 6.45) is 15.1. The second kappa shape index (κ2) is 29.2. The number of nitrogens with zero attached hydrogens (tertiary/aromatic N) is 6. The Labute approximate surface area is 447 Å². The van der Waals surface area contributed by atoms with Crippen molar-refractivity contribution in [3.8, 4) is 0 Å². The lowest BCUT2D eigenvalue weighted by molar-refractivity contribution is -0.128. The first-order chi connectivity index (χ1) is 34.2. The summed E-state index contributed by atoms with van der Waals surface area (Å²) in [7, 11) is 4.99. The number of benzene rings is 1. The smallest absolute Gasteiger partial charge is 0.288 e. The van der Waals surface area contributed by atoms with E-state index in [0.29, 0.717) is 22.6 Å².